The first kappa shape index (κ1) is 25.4. The molecule has 2 aromatic rings. The topological polar surface area (TPSA) is 95.4 Å². The van der Waals surface area contributed by atoms with E-state index in [1.807, 2.05) is 11.8 Å². The van der Waals surface area contributed by atoms with Gasteiger partial charge in [0.2, 0.25) is 0 Å². The van der Waals surface area contributed by atoms with Crippen molar-refractivity contribution in [1.29, 1.82) is 5.41 Å². The van der Waals surface area contributed by atoms with Gasteiger partial charge in [-0.3, -0.25) is 9.59 Å². The van der Waals surface area contributed by atoms with Gasteiger partial charge >= 0.3 is 0 Å². The number of piperidine rings is 1. The number of likely N-dealkylation sites (tertiary alicyclic amines) is 1. The molecule has 2 heterocycles. The Labute approximate surface area is 211 Å². The average molecular weight is 497 g/mol. The lowest BCUT2D eigenvalue weighted by Gasteiger charge is -2.43. The van der Waals surface area contributed by atoms with E-state index in [1.165, 1.54) is 0 Å². The van der Waals surface area contributed by atoms with Crippen molar-refractivity contribution in [2.45, 2.75) is 65.2 Å². The molecule has 7 nitrogen and oxygen atoms in total. The number of nitrogens with one attached hydrogen (secondary N) is 2. The third kappa shape index (κ3) is 4.73. The lowest BCUT2D eigenvalue weighted by atomic mass is 9.68. The quantitative estimate of drug-likeness (QED) is 0.546. The van der Waals surface area contributed by atoms with Gasteiger partial charge in [-0.15, -0.1) is 11.3 Å². The van der Waals surface area contributed by atoms with Gasteiger partial charge in [0.25, 0.3) is 5.91 Å². The predicted molar refractivity (Wildman–Crippen MR) is 141 cm³/mol. The first-order valence-electron chi connectivity index (χ1n) is 12.3. The van der Waals surface area contributed by atoms with Crippen LogP contribution in [-0.2, 0) is 11.8 Å². The molecule has 188 valence electrons. The Morgan fingerprint density at radius 2 is 1.94 bits per heavy atom. The highest BCUT2D eigenvalue weighted by Crippen LogP contribution is 2.46. The van der Waals surface area contributed by atoms with Crippen LogP contribution in [0.4, 0.5) is 5.69 Å². The van der Waals surface area contributed by atoms with Crippen LogP contribution in [0, 0.1) is 10.8 Å². The van der Waals surface area contributed by atoms with E-state index in [-0.39, 0.29) is 22.5 Å². The number of nitrogens with zero attached hydrogens (tertiary/aromatic N) is 2. The molecule has 1 aromatic heterocycles. The summed E-state index contributed by atoms with van der Waals surface area (Å²) in [7, 11) is 3.37. The van der Waals surface area contributed by atoms with E-state index in [0.717, 1.165) is 34.8 Å². The van der Waals surface area contributed by atoms with E-state index < -0.39 is 0 Å². The van der Waals surface area contributed by atoms with Crippen LogP contribution in [0.25, 0.3) is 0 Å². The summed E-state index contributed by atoms with van der Waals surface area (Å²) in [6.45, 7) is 9.55. The molecule has 1 aliphatic heterocycles. The van der Waals surface area contributed by atoms with E-state index >= 15 is 0 Å². The number of ether oxygens (including phenoxy) is 1. The predicted octanol–water partition coefficient (Wildman–Crippen LogP) is 5.32. The zero-order valence-corrected chi connectivity index (χ0v) is 22.4. The van der Waals surface area contributed by atoms with Crippen LogP contribution < -0.4 is 10.1 Å². The number of methoxy groups -OCH3 is 1. The lowest BCUT2D eigenvalue weighted by Crippen LogP contribution is -2.46. The van der Waals surface area contributed by atoms with E-state index in [9.17, 15) is 9.59 Å². The molecular weight excluding hydrogens is 460 g/mol. The maximum absolute atomic E-state index is 13.5. The number of anilines is 1. The van der Waals surface area contributed by atoms with Gasteiger partial charge in [-0.05, 0) is 43.2 Å². The van der Waals surface area contributed by atoms with Crippen molar-refractivity contribution in [3.05, 3.63) is 38.8 Å². The van der Waals surface area contributed by atoms with Crippen molar-refractivity contribution < 1.29 is 14.3 Å². The smallest absolute Gasteiger partial charge is 0.254 e. The largest absolute Gasteiger partial charge is 0.495 e. The number of hydrogen-bond acceptors (Lipinski definition) is 7. The van der Waals surface area contributed by atoms with E-state index in [0.29, 0.717) is 54.2 Å². The van der Waals surface area contributed by atoms with Crippen LogP contribution in [0.5, 0.6) is 5.75 Å². The second-order valence-corrected chi connectivity index (χ2v) is 11.9. The summed E-state index contributed by atoms with van der Waals surface area (Å²) < 4.78 is 5.54. The zero-order valence-electron chi connectivity index (χ0n) is 21.6. The van der Waals surface area contributed by atoms with Crippen molar-refractivity contribution in [3.63, 3.8) is 0 Å². The summed E-state index contributed by atoms with van der Waals surface area (Å²) in [5.41, 5.74) is 2.92. The van der Waals surface area contributed by atoms with Gasteiger partial charge in [0, 0.05) is 53.7 Å². The second kappa shape index (κ2) is 9.37. The third-order valence-electron chi connectivity index (χ3n) is 7.28. The fourth-order valence-electron chi connectivity index (χ4n) is 5.14. The summed E-state index contributed by atoms with van der Waals surface area (Å²) in [6.07, 6.45) is 3.54. The van der Waals surface area contributed by atoms with Crippen molar-refractivity contribution in [2.75, 3.05) is 32.6 Å². The molecule has 35 heavy (non-hydrogen) atoms. The SMILES string of the molecule is CCC(=N)c1cc(C(=O)N2CCC3(CC2)CC(=O)c2nc(C(C)(C)C)sc2C3)cc(OC)c1NC. The number of fused-ring (bicyclic) bond motifs is 1. The Bertz CT molecular complexity index is 1170. The number of thiazole rings is 1. The summed E-state index contributed by atoms with van der Waals surface area (Å²) in [5, 5.41) is 12.5. The number of aromatic nitrogens is 1. The molecule has 1 spiro atoms. The van der Waals surface area contributed by atoms with Gasteiger partial charge in [0.05, 0.1) is 17.8 Å². The highest BCUT2D eigenvalue weighted by atomic mass is 32.1. The number of hydrogen-bond donors (Lipinski definition) is 2. The molecule has 0 radical (unpaired) electrons. The Morgan fingerprint density at radius 1 is 1.26 bits per heavy atom. The zero-order chi connectivity index (χ0) is 25.5. The van der Waals surface area contributed by atoms with Gasteiger partial charge in [0.15, 0.2) is 5.78 Å². The molecule has 2 N–H and O–H groups in total. The third-order valence-corrected chi connectivity index (χ3v) is 8.76. The molecule has 4 rings (SSSR count). The van der Waals surface area contributed by atoms with Crippen molar-refractivity contribution in [2.24, 2.45) is 5.41 Å². The van der Waals surface area contributed by atoms with Crippen LogP contribution >= 0.6 is 11.3 Å². The fraction of sp³-hybridized carbons (Fsp3) is 0.556. The summed E-state index contributed by atoms with van der Waals surface area (Å²) in [4.78, 5) is 34.2. The summed E-state index contributed by atoms with van der Waals surface area (Å²) in [6, 6.07) is 3.56. The maximum Gasteiger partial charge on any atom is 0.254 e. The van der Waals surface area contributed by atoms with Gasteiger partial charge in [-0.25, -0.2) is 4.98 Å². The number of ketones is 1. The molecule has 1 saturated heterocycles. The minimum absolute atomic E-state index is 0.0541. The number of Topliss-reactive ketones (excluding diaryl/α,β-unsaturated/α-hetero) is 1. The molecule has 0 unspecified atom stereocenters. The van der Waals surface area contributed by atoms with Crippen molar-refractivity contribution >= 4 is 34.4 Å². The van der Waals surface area contributed by atoms with E-state index in [1.54, 1.807) is 37.6 Å². The number of benzene rings is 1. The molecule has 0 bridgehead atoms. The molecule has 1 amide bonds. The normalized spacial score (nSPS) is 17.3. The Balaban J connectivity index is 1.53. The highest BCUT2D eigenvalue weighted by Gasteiger charge is 2.44. The molecule has 1 aromatic carbocycles. The minimum atomic E-state index is -0.0915. The fourth-order valence-corrected chi connectivity index (χ4v) is 6.46. The van der Waals surface area contributed by atoms with Crippen LogP contribution in [0.3, 0.4) is 0 Å². The number of amides is 1. The van der Waals surface area contributed by atoms with Crippen LogP contribution in [-0.4, -0.2) is 54.5 Å². The molecule has 2 aliphatic rings. The first-order chi connectivity index (χ1) is 16.5. The molecule has 1 aliphatic carbocycles. The van der Waals surface area contributed by atoms with Gasteiger partial charge < -0.3 is 20.4 Å². The van der Waals surface area contributed by atoms with Crippen LogP contribution in [0.2, 0.25) is 0 Å². The number of carbonyl (C=O) groups excluding carboxylic acids is 2. The minimum Gasteiger partial charge on any atom is -0.495 e. The monoisotopic (exact) mass is 496 g/mol. The molecule has 0 saturated carbocycles. The molecule has 8 heteroatoms. The number of rotatable bonds is 5. The first-order valence-corrected chi connectivity index (χ1v) is 13.1. The summed E-state index contributed by atoms with van der Waals surface area (Å²) in [5.74, 6) is 0.653. The van der Waals surface area contributed by atoms with Crippen molar-refractivity contribution in [1.82, 2.24) is 9.88 Å². The van der Waals surface area contributed by atoms with Crippen LogP contribution in [0.15, 0.2) is 12.1 Å². The van der Waals surface area contributed by atoms with E-state index in [2.05, 4.69) is 26.1 Å². The van der Waals surface area contributed by atoms with Gasteiger partial charge in [-0.2, -0.15) is 0 Å². The Morgan fingerprint density at radius 3 is 2.51 bits per heavy atom. The second-order valence-electron chi connectivity index (χ2n) is 10.8. The summed E-state index contributed by atoms with van der Waals surface area (Å²) >= 11 is 1.68. The Hall–Kier alpha value is -2.74. The van der Waals surface area contributed by atoms with Gasteiger partial charge in [0.1, 0.15) is 11.4 Å². The molecule has 1 fully saturated rings. The van der Waals surface area contributed by atoms with Crippen LogP contribution in [0.1, 0.15) is 89.7 Å². The Kier molecular flexibility index (Phi) is 6.79. The molecule has 0 atom stereocenters. The van der Waals surface area contributed by atoms with E-state index in [4.69, 9.17) is 15.1 Å². The molecular formula is C27H36N4O3S. The van der Waals surface area contributed by atoms with Crippen molar-refractivity contribution in [3.8, 4) is 5.75 Å². The highest BCUT2D eigenvalue weighted by molar-refractivity contribution is 7.12. The van der Waals surface area contributed by atoms with Gasteiger partial charge in [-0.1, -0.05) is 27.7 Å². The maximum atomic E-state index is 13.5. The average Bonchev–Trinajstić information content (AvgIpc) is 3.27. The standard InChI is InChI=1S/C27H36N4O3S/c1-7-18(28)17-12-16(13-20(34-6)22(17)29-5)24(33)31-10-8-27(9-11-31)14-19(32)23-21(15-27)35-25(30-23)26(2,3)4/h12-13,28-29H,7-11,14-15H2,1-6H3. The lowest BCUT2D eigenvalue weighted by molar-refractivity contribution is 0.0521. The number of carbonyl (C=O) groups is 2.